The summed E-state index contributed by atoms with van der Waals surface area (Å²) in [6, 6.07) is 0.816. The molecule has 1 aliphatic carbocycles. The molecule has 0 spiro atoms. The van der Waals surface area contributed by atoms with Crippen molar-refractivity contribution in [1.82, 2.24) is 4.90 Å². The summed E-state index contributed by atoms with van der Waals surface area (Å²) in [5.74, 6) is 0. The van der Waals surface area contributed by atoms with Gasteiger partial charge in [-0.25, -0.2) is 4.79 Å². The summed E-state index contributed by atoms with van der Waals surface area (Å²) in [5, 5.41) is 0. The molecule has 1 saturated heterocycles. The molecule has 2 aliphatic rings. The van der Waals surface area contributed by atoms with Crippen LogP contribution in [0.5, 0.6) is 0 Å². The Kier molecular flexibility index (Phi) is 2.57. The largest absolute Gasteiger partial charge is 0.453 e. The average molecular weight is 313 g/mol. The number of hydrogen-bond donors (Lipinski definition) is 0. The van der Waals surface area contributed by atoms with E-state index in [4.69, 9.17) is 4.74 Å². The number of amides is 1. The predicted octanol–water partition coefficient (Wildman–Crippen LogP) is 2.13. The third kappa shape index (κ3) is 1.61. The third-order valence-electron chi connectivity index (χ3n) is 2.78. The van der Waals surface area contributed by atoms with E-state index in [1.165, 1.54) is 7.11 Å². The lowest BCUT2D eigenvalue weighted by molar-refractivity contribution is 0.150. The van der Waals surface area contributed by atoms with Gasteiger partial charge in [0.25, 0.3) is 0 Å². The molecule has 1 heterocycles. The van der Waals surface area contributed by atoms with Crippen LogP contribution in [0, 0.1) is 0 Å². The van der Waals surface area contributed by atoms with Crippen molar-refractivity contribution in [3.63, 3.8) is 0 Å². The quantitative estimate of drug-likeness (QED) is 0.506. The second-order valence-electron chi connectivity index (χ2n) is 3.52. The highest BCUT2D eigenvalue weighted by molar-refractivity contribution is 9.12. The van der Waals surface area contributed by atoms with Gasteiger partial charge in [0.1, 0.15) is 0 Å². The molecule has 4 atom stereocenters. The van der Waals surface area contributed by atoms with Crippen LogP contribution in [0.15, 0.2) is 0 Å². The minimum Gasteiger partial charge on any atom is -0.453 e. The van der Waals surface area contributed by atoms with Crippen LogP contribution in [0.1, 0.15) is 12.8 Å². The van der Waals surface area contributed by atoms with Crippen molar-refractivity contribution in [3.8, 4) is 0 Å². The lowest BCUT2D eigenvalue weighted by Crippen LogP contribution is -2.24. The number of halogens is 2. The molecule has 74 valence electrons. The molecule has 0 N–H and O–H groups in total. The predicted molar refractivity (Wildman–Crippen MR) is 56.5 cm³/mol. The molecule has 0 unspecified atom stereocenters. The highest BCUT2D eigenvalue weighted by Crippen LogP contribution is 2.45. The summed E-state index contributed by atoms with van der Waals surface area (Å²) in [7, 11) is 1.43. The summed E-state index contributed by atoms with van der Waals surface area (Å²) in [6.45, 7) is 0. The highest BCUT2D eigenvalue weighted by atomic mass is 79.9. The number of nitrogens with zero attached hydrogens (tertiary/aromatic N) is 1. The standard InChI is InChI=1S/C8H11Br2NO2/c1-13-8(12)11-6-2-4(9)5(10)3-7(6)11/h4-7H,2-3H2,1H3/t4-,5-,6+,7+/m0/s1. The van der Waals surface area contributed by atoms with E-state index in [2.05, 4.69) is 31.9 Å². The van der Waals surface area contributed by atoms with Gasteiger partial charge in [-0.3, -0.25) is 4.90 Å². The average Bonchev–Trinajstić information content (AvgIpc) is 2.77. The first-order chi connectivity index (χ1) is 6.15. The zero-order valence-electron chi connectivity index (χ0n) is 7.24. The Labute approximate surface area is 94.1 Å². The maximum atomic E-state index is 11.2. The summed E-state index contributed by atoms with van der Waals surface area (Å²) in [6.07, 6.45) is 1.86. The molecule has 0 aromatic rings. The second-order valence-corrected chi connectivity index (χ2v) is 5.87. The molecule has 0 aromatic heterocycles. The van der Waals surface area contributed by atoms with Gasteiger partial charge in [-0.2, -0.15) is 0 Å². The number of hydrogen-bond acceptors (Lipinski definition) is 2. The Morgan fingerprint density at radius 1 is 1.31 bits per heavy atom. The fourth-order valence-corrected chi connectivity index (χ4v) is 3.21. The van der Waals surface area contributed by atoms with Crippen LogP contribution in [0.3, 0.4) is 0 Å². The number of methoxy groups -OCH3 is 1. The van der Waals surface area contributed by atoms with Crippen molar-refractivity contribution >= 4 is 38.0 Å². The zero-order valence-corrected chi connectivity index (χ0v) is 10.4. The Balaban J connectivity index is 1.98. The van der Waals surface area contributed by atoms with Gasteiger partial charge in [-0.15, -0.1) is 0 Å². The molecule has 5 heteroatoms. The van der Waals surface area contributed by atoms with E-state index < -0.39 is 0 Å². The molecule has 13 heavy (non-hydrogen) atoms. The van der Waals surface area contributed by atoms with Crippen molar-refractivity contribution in [2.75, 3.05) is 7.11 Å². The molecular weight excluding hydrogens is 302 g/mol. The molecule has 2 rings (SSSR count). The van der Waals surface area contributed by atoms with Crippen LogP contribution in [-0.2, 0) is 4.74 Å². The summed E-state index contributed by atoms with van der Waals surface area (Å²) in [4.78, 5) is 14.0. The Morgan fingerprint density at radius 3 is 2.15 bits per heavy atom. The first-order valence-electron chi connectivity index (χ1n) is 4.29. The van der Waals surface area contributed by atoms with Crippen molar-refractivity contribution in [3.05, 3.63) is 0 Å². The first-order valence-corrected chi connectivity index (χ1v) is 6.12. The number of ether oxygens (including phenoxy) is 1. The Hall–Kier alpha value is 0.230. The molecule has 2 fully saturated rings. The highest BCUT2D eigenvalue weighted by Gasteiger charge is 2.56. The maximum absolute atomic E-state index is 11.2. The summed E-state index contributed by atoms with van der Waals surface area (Å²) >= 11 is 7.19. The number of likely N-dealkylation sites (tertiary alicyclic amines) is 1. The lowest BCUT2D eigenvalue weighted by Gasteiger charge is -2.18. The summed E-state index contributed by atoms with van der Waals surface area (Å²) < 4.78 is 4.69. The third-order valence-corrected chi connectivity index (χ3v) is 5.51. The van der Waals surface area contributed by atoms with Gasteiger partial charge in [0.15, 0.2) is 0 Å². The molecule has 0 aromatic carbocycles. The van der Waals surface area contributed by atoms with Crippen LogP contribution in [0.2, 0.25) is 0 Å². The van der Waals surface area contributed by atoms with E-state index in [-0.39, 0.29) is 6.09 Å². The van der Waals surface area contributed by atoms with Crippen LogP contribution in [0.25, 0.3) is 0 Å². The SMILES string of the molecule is COC(=O)N1[C@@H]2C[C@H](Br)[C@@H](Br)C[C@H]21. The topological polar surface area (TPSA) is 29.3 Å². The van der Waals surface area contributed by atoms with E-state index in [9.17, 15) is 4.79 Å². The van der Waals surface area contributed by atoms with Crippen LogP contribution in [0.4, 0.5) is 4.79 Å². The Bertz CT molecular complexity index is 220. The molecule has 0 radical (unpaired) electrons. The van der Waals surface area contributed by atoms with Crippen molar-refractivity contribution < 1.29 is 9.53 Å². The van der Waals surface area contributed by atoms with E-state index in [0.29, 0.717) is 21.7 Å². The number of carbonyl (C=O) groups excluding carboxylic acids is 1. The fraction of sp³-hybridized carbons (Fsp3) is 0.875. The molecule has 1 saturated carbocycles. The summed E-state index contributed by atoms with van der Waals surface area (Å²) in [5.41, 5.74) is 0. The van der Waals surface area contributed by atoms with Gasteiger partial charge in [-0.1, -0.05) is 31.9 Å². The monoisotopic (exact) mass is 311 g/mol. The van der Waals surface area contributed by atoms with Crippen LogP contribution < -0.4 is 0 Å². The van der Waals surface area contributed by atoms with Gasteiger partial charge >= 0.3 is 6.09 Å². The van der Waals surface area contributed by atoms with Gasteiger partial charge in [0.05, 0.1) is 19.2 Å². The smallest absolute Gasteiger partial charge is 0.410 e. The second kappa shape index (κ2) is 3.42. The Morgan fingerprint density at radius 2 is 1.77 bits per heavy atom. The van der Waals surface area contributed by atoms with E-state index in [0.717, 1.165) is 12.8 Å². The molecule has 0 bridgehead atoms. The van der Waals surface area contributed by atoms with Gasteiger partial charge < -0.3 is 4.74 Å². The van der Waals surface area contributed by atoms with E-state index >= 15 is 0 Å². The molecule has 1 aliphatic heterocycles. The molecule has 1 amide bonds. The number of alkyl halides is 2. The first kappa shape index (κ1) is 9.77. The van der Waals surface area contributed by atoms with Gasteiger partial charge in [-0.05, 0) is 12.8 Å². The zero-order chi connectivity index (χ0) is 9.59. The molecular formula is C8H11Br2NO2. The maximum Gasteiger partial charge on any atom is 0.410 e. The minimum atomic E-state index is -0.184. The van der Waals surface area contributed by atoms with Crippen LogP contribution in [-0.4, -0.2) is 39.8 Å². The van der Waals surface area contributed by atoms with Crippen molar-refractivity contribution in [2.24, 2.45) is 0 Å². The number of rotatable bonds is 0. The van der Waals surface area contributed by atoms with Crippen LogP contribution >= 0.6 is 31.9 Å². The number of carbonyl (C=O) groups is 1. The van der Waals surface area contributed by atoms with Crippen molar-refractivity contribution in [2.45, 2.75) is 34.6 Å². The lowest BCUT2D eigenvalue weighted by atomic mass is 10.0. The normalized spacial score (nSPS) is 42.5. The number of fused-ring (bicyclic) bond motifs is 1. The van der Waals surface area contributed by atoms with Crippen molar-refractivity contribution in [1.29, 1.82) is 0 Å². The fourth-order valence-electron chi connectivity index (χ4n) is 2.01. The minimum absolute atomic E-state index is 0.184. The van der Waals surface area contributed by atoms with Gasteiger partial charge in [0, 0.05) is 9.65 Å². The van der Waals surface area contributed by atoms with E-state index in [1.54, 1.807) is 0 Å². The molecule has 3 nitrogen and oxygen atoms in total. The van der Waals surface area contributed by atoms with Gasteiger partial charge in [0.2, 0.25) is 0 Å². The van der Waals surface area contributed by atoms with E-state index in [1.807, 2.05) is 4.90 Å².